The van der Waals surface area contributed by atoms with Gasteiger partial charge in [0.25, 0.3) is 5.91 Å². The van der Waals surface area contributed by atoms with Crippen LogP contribution >= 0.6 is 0 Å². The van der Waals surface area contributed by atoms with Crippen molar-refractivity contribution in [1.29, 1.82) is 0 Å². The van der Waals surface area contributed by atoms with E-state index in [2.05, 4.69) is 0 Å². The van der Waals surface area contributed by atoms with E-state index in [1.54, 1.807) is 17.0 Å². The van der Waals surface area contributed by atoms with Crippen molar-refractivity contribution in [3.8, 4) is 0 Å². The Labute approximate surface area is 179 Å². The van der Waals surface area contributed by atoms with E-state index in [0.717, 1.165) is 37.1 Å². The second-order valence-electron chi connectivity index (χ2n) is 8.29. The minimum atomic E-state index is -3.72. The van der Waals surface area contributed by atoms with Crippen LogP contribution in [-0.2, 0) is 14.8 Å². The number of rotatable bonds is 5. The highest BCUT2D eigenvalue weighted by Crippen LogP contribution is 2.34. The number of amides is 1. The van der Waals surface area contributed by atoms with Gasteiger partial charge in [-0.25, -0.2) is 8.42 Å². The molecule has 0 radical (unpaired) electrons. The number of piperidine rings is 1. The number of benzene rings is 2. The molecule has 4 rings (SSSR count). The molecule has 0 unspecified atom stereocenters. The molecule has 0 bridgehead atoms. The molecule has 0 aromatic heterocycles. The molecule has 6 nitrogen and oxygen atoms in total. The summed E-state index contributed by atoms with van der Waals surface area (Å²) >= 11 is 0. The zero-order valence-corrected chi connectivity index (χ0v) is 18.3. The maximum absolute atomic E-state index is 13.5. The van der Waals surface area contributed by atoms with E-state index in [-0.39, 0.29) is 10.8 Å². The van der Waals surface area contributed by atoms with Crippen molar-refractivity contribution in [2.24, 2.45) is 0 Å². The molecule has 2 heterocycles. The number of aryl methyl sites for hydroxylation is 1. The van der Waals surface area contributed by atoms with Gasteiger partial charge in [0.05, 0.1) is 18.0 Å². The lowest BCUT2D eigenvalue weighted by Crippen LogP contribution is -3.13. The Morgan fingerprint density at radius 2 is 1.63 bits per heavy atom. The summed E-state index contributed by atoms with van der Waals surface area (Å²) in [7, 11) is -3.72. The van der Waals surface area contributed by atoms with E-state index in [1.807, 2.05) is 49.4 Å². The molecule has 1 N–H and O–H groups in total. The molecular formula is C23H30N3O3S+. The van der Waals surface area contributed by atoms with Crippen LogP contribution in [0.1, 0.15) is 36.6 Å². The molecule has 1 atom stereocenters. The molecule has 0 aliphatic carbocycles. The maximum Gasteiger partial charge on any atom is 0.279 e. The summed E-state index contributed by atoms with van der Waals surface area (Å²) in [6.45, 7) is 5.11. The minimum Gasteiger partial charge on any atom is -0.327 e. The monoisotopic (exact) mass is 428 g/mol. The minimum absolute atomic E-state index is 0.0300. The first-order chi connectivity index (χ1) is 14.5. The van der Waals surface area contributed by atoms with E-state index in [4.69, 9.17) is 0 Å². The first-order valence-electron chi connectivity index (χ1n) is 10.7. The normalized spacial score (nSPS) is 21.1. The van der Waals surface area contributed by atoms with Gasteiger partial charge in [-0.1, -0.05) is 48.0 Å². The van der Waals surface area contributed by atoms with Gasteiger partial charge in [-0.3, -0.25) is 4.79 Å². The van der Waals surface area contributed by atoms with Crippen LogP contribution in [0.2, 0.25) is 0 Å². The number of quaternary nitrogens is 1. The SMILES string of the molecule is Cc1ccc(S(=O)(=O)N2CCN(C(=O)C[NH+]3CCCCC3)[C@H]2c2ccccc2)cc1. The fourth-order valence-corrected chi connectivity index (χ4v) is 6.05. The van der Waals surface area contributed by atoms with Gasteiger partial charge in [0.2, 0.25) is 10.0 Å². The molecule has 0 saturated carbocycles. The molecule has 1 amide bonds. The van der Waals surface area contributed by atoms with Crippen molar-refractivity contribution in [1.82, 2.24) is 9.21 Å². The van der Waals surface area contributed by atoms with Crippen molar-refractivity contribution in [3.05, 3.63) is 65.7 Å². The third-order valence-corrected chi connectivity index (χ3v) is 8.00. The standard InChI is InChI=1S/C23H29N3O3S/c1-19-10-12-21(13-11-19)30(28,29)26-17-16-25(23(26)20-8-4-2-5-9-20)22(27)18-24-14-6-3-7-15-24/h2,4-5,8-13,23H,3,6-7,14-18H2,1H3/p+1/t23-/m1/s1. The second-order valence-corrected chi connectivity index (χ2v) is 10.2. The predicted molar refractivity (Wildman–Crippen MR) is 115 cm³/mol. The zero-order chi connectivity index (χ0) is 21.1. The molecular weight excluding hydrogens is 398 g/mol. The average Bonchev–Trinajstić information content (AvgIpc) is 3.22. The Balaban J connectivity index is 1.64. The van der Waals surface area contributed by atoms with Gasteiger partial charge in [0, 0.05) is 13.1 Å². The van der Waals surface area contributed by atoms with Gasteiger partial charge in [-0.15, -0.1) is 0 Å². The maximum atomic E-state index is 13.5. The van der Waals surface area contributed by atoms with Gasteiger partial charge in [-0.2, -0.15) is 4.31 Å². The number of hydrogen-bond donors (Lipinski definition) is 1. The van der Waals surface area contributed by atoms with Gasteiger partial charge >= 0.3 is 0 Å². The van der Waals surface area contributed by atoms with Crippen LogP contribution in [0.3, 0.4) is 0 Å². The summed E-state index contributed by atoms with van der Waals surface area (Å²) in [5, 5.41) is 0. The number of likely N-dealkylation sites (tertiary alicyclic amines) is 1. The van der Waals surface area contributed by atoms with E-state index in [0.29, 0.717) is 19.6 Å². The van der Waals surface area contributed by atoms with Crippen molar-refractivity contribution < 1.29 is 18.1 Å². The number of sulfonamides is 1. The topological polar surface area (TPSA) is 62.1 Å². The average molecular weight is 429 g/mol. The molecule has 0 spiro atoms. The van der Waals surface area contributed by atoms with Gasteiger partial charge in [0.15, 0.2) is 6.54 Å². The van der Waals surface area contributed by atoms with E-state index < -0.39 is 16.2 Å². The third kappa shape index (κ3) is 4.29. The third-order valence-electron chi connectivity index (χ3n) is 6.14. The molecule has 30 heavy (non-hydrogen) atoms. The van der Waals surface area contributed by atoms with E-state index in [9.17, 15) is 13.2 Å². The summed E-state index contributed by atoms with van der Waals surface area (Å²) in [6.07, 6.45) is 2.93. The number of carbonyl (C=O) groups is 1. The summed E-state index contributed by atoms with van der Waals surface area (Å²) < 4.78 is 28.4. The van der Waals surface area contributed by atoms with Crippen LogP contribution in [0.4, 0.5) is 0 Å². The molecule has 2 aromatic carbocycles. The lowest BCUT2D eigenvalue weighted by atomic mass is 10.1. The smallest absolute Gasteiger partial charge is 0.279 e. The van der Waals surface area contributed by atoms with Gasteiger partial charge in [-0.05, 0) is 43.9 Å². The Kier molecular flexibility index (Phi) is 6.22. The van der Waals surface area contributed by atoms with Crippen LogP contribution < -0.4 is 4.90 Å². The molecule has 2 aliphatic rings. The zero-order valence-electron chi connectivity index (χ0n) is 17.5. The van der Waals surface area contributed by atoms with Crippen LogP contribution in [0.25, 0.3) is 0 Å². The number of nitrogens with one attached hydrogen (secondary N) is 1. The highest BCUT2D eigenvalue weighted by molar-refractivity contribution is 7.89. The highest BCUT2D eigenvalue weighted by atomic mass is 32.2. The van der Waals surface area contributed by atoms with E-state index >= 15 is 0 Å². The lowest BCUT2D eigenvalue weighted by molar-refractivity contribution is -0.897. The van der Waals surface area contributed by atoms with Crippen LogP contribution in [-0.4, -0.2) is 56.3 Å². The molecule has 2 aliphatic heterocycles. The van der Waals surface area contributed by atoms with Crippen LogP contribution in [0.15, 0.2) is 59.5 Å². The number of hydrogen-bond acceptors (Lipinski definition) is 3. The molecule has 2 fully saturated rings. The van der Waals surface area contributed by atoms with Gasteiger partial charge < -0.3 is 9.80 Å². The van der Waals surface area contributed by atoms with Crippen molar-refractivity contribution in [2.45, 2.75) is 37.2 Å². The predicted octanol–water partition coefficient (Wildman–Crippen LogP) is 1.60. The Morgan fingerprint density at radius 1 is 0.967 bits per heavy atom. The summed E-state index contributed by atoms with van der Waals surface area (Å²) in [5.74, 6) is 0.0300. The molecule has 7 heteroatoms. The van der Waals surface area contributed by atoms with Gasteiger partial charge in [0.1, 0.15) is 6.17 Å². The first kappa shape index (κ1) is 21.0. The first-order valence-corrected chi connectivity index (χ1v) is 12.2. The Bertz CT molecular complexity index is 971. The van der Waals surface area contributed by atoms with Crippen molar-refractivity contribution >= 4 is 15.9 Å². The van der Waals surface area contributed by atoms with E-state index in [1.165, 1.54) is 15.6 Å². The Morgan fingerprint density at radius 3 is 2.30 bits per heavy atom. The summed E-state index contributed by atoms with van der Waals surface area (Å²) in [5.41, 5.74) is 1.84. The lowest BCUT2D eigenvalue weighted by Gasteiger charge is -2.31. The van der Waals surface area contributed by atoms with Crippen LogP contribution in [0, 0.1) is 6.92 Å². The summed E-state index contributed by atoms with van der Waals surface area (Å²) in [6, 6.07) is 16.4. The fraction of sp³-hybridized carbons (Fsp3) is 0.435. The number of carbonyl (C=O) groups excluding carboxylic acids is 1. The van der Waals surface area contributed by atoms with Crippen molar-refractivity contribution in [2.75, 3.05) is 32.7 Å². The second kappa shape index (κ2) is 8.88. The number of nitrogens with zero attached hydrogens (tertiary/aromatic N) is 2. The fourth-order valence-electron chi connectivity index (χ4n) is 4.48. The van der Waals surface area contributed by atoms with Crippen LogP contribution in [0.5, 0.6) is 0 Å². The summed E-state index contributed by atoms with van der Waals surface area (Å²) in [4.78, 5) is 16.6. The Hall–Kier alpha value is -2.22. The quantitative estimate of drug-likeness (QED) is 0.787. The highest BCUT2D eigenvalue weighted by Gasteiger charge is 2.43. The molecule has 2 saturated heterocycles. The molecule has 160 valence electrons. The van der Waals surface area contributed by atoms with Crippen molar-refractivity contribution in [3.63, 3.8) is 0 Å². The molecule has 2 aromatic rings. The largest absolute Gasteiger partial charge is 0.327 e.